The van der Waals surface area contributed by atoms with Crippen molar-refractivity contribution >= 4 is 18.3 Å². The maximum atomic E-state index is 12.7. The average Bonchev–Trinajstić information content (AvgIpc) is 3.32. The minimum atomic E-state index is -0.250. The molecule has 10 heteroatoms. The number of aromatic amines is 2. The van der Waals surface area contributed by atoms with E-state index in [1.807, 2.05) is 23.9 Å². The Kier molecular flexibility index (Phi) is 5.48. The van der Waals surface area contributed by atoms with E-state index in [-0.39, 0.29) is 23.4 Å². The first kappa shape index (κ1) is 19.6. The van der Waals surface area contributed by atoms with E-state index in [0.717, 1.165) is 43.5 Å². The van der Waals surface area contributed by atoms with E-state index < -0.39 is 0 Å². The molecule has 150 valence electrons. The SMILES string of the molecule is CN(C)c1nc2c(c(=O)[nH]1)CCC21CCCN(C(=O)c2cnc[nH]2)C1.O=CO. The van der Waals surface area contributed by atoms with E-state index in [4.69, 9.17) is 14.9 Å². The Hall–Kier alpha value is -3.17. The summed E-state index contributed by atoms with van der Waals surface area (Å²) in [6.07, 6.45) is 6.52. The molecule has 10 nitrogen and oxygen atoms in total. The highest BCUT2D eigenvalue weighted by Crippen LogP contribution is 2.43. The molecule has 1 aliphatic carbocycles. The van der Waals surface area contributed by atoms with Crippen LogP contribution < -0.4 is 10.5 Å². The summed E-state index contributed by atoms with van der Waals surface area (Å²) in [6, 6.07) is 0. The summed E-state index contributed by atoms with van der Waals surface area (Å²) in [5.74, 6) is 0.532. The van der Waals surface area contributed by atoms with Gasteiger partial charge in [0.05, 0.1) is 18.2 Å². The molecular formula is C18H24N6O4. The van der Waals surface area contributed by atoms with Crippen molar-refractivity contribution in [3.8, 4) is 0 Å². The number of rotatable bonds is 2. The zero-order valence-electron chi connectivity index (χ0n) is 15.9. The average molecular weight is 388 g/mol. The Labute approximate surface area is 161 Å². The largest absolute Gasteiger partial charge is 0.483 e. The summed E-state index contributed by atoms with van der Waals surface area (Å²) in [5.41, 5.74) is 1.89. The number of nitrogens with zero attached hydrogens (tertiary/aromatic N) is 4. The number of nitrogens with one attached hydrogen (secondary N) is 2. The van der Waals surface area contributed by atoms with Crippen molar-refractivity contribution in [2.24, 2.45) is 0 Å². The molecule has 2 aromatic heterocycles. The molecular weight excluding hydrogens is 364 g/mol. The Bertz CT molecular complexity index is 907. The Morgan fingerprint density at radius 2 is 2.14 bits per heavy atom. The Morgan fingerprint density at radius 3 is 2.79 bits per heavy atom. The molecule has 1 aliphatic heterocycles. The van der Waals surface area contributed by atoms with Gasteiger partial charge in [0.15, 0.2) is 0 Å². The van der Waals surface area contributed by atoms with Crippen molar-refractivity contribution in [3.63, 3.8) is 0 Å². The number of anilines is 1. The number of carbonyl (C=O) groups is 2. The fourth-order valence-corrected chi connectivity index (χ4v) is 4.10. The molecule has 3 N–H and O–H groups in total. The van der Waals surface area contributed by atoms with E-state index in [9.17, 15) is 9.59 Å². The summed E-state index contributed by atoms with van der Waals surface area (Å²) >= 11 is 0. The maximum Gasteiger partial charge on any atom is 0.290 e. The molecule has 2 aliphatic rings. The molecule has 4 rings (SSSR count). The zero-order valence-corrected chi connectivity index (χ0v) is 15.9. The minimum absolute atomic E-state index is 0.0392. The van der Waals surface area contributed by atoms with Crippen LogP contribution in [0.25, 0.3) is 0 Å². The second-order valence-corrected chi connectivity index (χ2v) is 7.29. The van der Waals surface area contributed by atoms with Gasteiger partial charge in [-0.05, 0) is 25.7 Å². The van der Waals surface area contributed by atoms with Gasteiger partial charge in [-0.1, -0.05) is 0 Å². The third-order valence-corrected chi connectivity index (χ3v) is 5.38. The van der Waals surface area contributed by atoms with Crippen molar-refractivity contribution in [1.29, 1.82) is 0 Å². The number of likely N-dealkylation sites (tertiary alicyclic amines) is 1. The number of H-pyrrole nitrogens is 2. The number of amides is 1. The van der Waals surface area contributed by atoms with E-state index in [1.165, 1.54) is 6.33 Å². The molecule has 2 aromatic rings. The lowest BCUT2D eigenvalue weighted by molar-refractivity contribution is -0.122. The third-order valence-electron chi connectivity index (χ3n) is 5.38. The molecule has 1 amide bonds. The molecule has 3 heterocycles. The van der Waals surface area contributed by atoms with Gasteiger partial charge in [-0.3, -0.25) is 19.4 Å². The topological polar surface area (TPSA) is 135 Å². The van der Waals surface area contributed by atoms with Crippen LogP contribution in [0.15, 0.2) is 17.3 Å². The highest BCUT2D eigenvalue weighted by molar-refractivity contribution is 5.92. The molecule has 0 bridgehead atoms. The van der Waals surface area contributed by atoms with Crippen LogP contribution in [0.2, 0.25) is 0 Å². The fourth-order valence-electron chi connectivity index (χ4n) is 4.10. The van der Waals surface area contributed by atoms with Gasteiger partial charge in [0.2, 0.25) is 5.95 Å². The van der Waals surface area contributed by atoms with Crippen LogP contribution in [0.4, 0.5) is 5.95 Å². The van der Waals surface area contributed by atoms with Crippen LogP contribution >= 0.6 is 0 Å². The summed E-state index contributed by atoms with van der Waals surface area (Å²) < 4.78 is 0. The van der Waals surface area contributed by atoms with Crippen LogP contribution in [0.3, 0.4) is 0 Å². The number of hydrogen-bond acceptors (Lipinski definition) is 6. The molecule has 1 saturated heterocycles. The summed E-state index contributed by atoms with van der Waals surface area (Å²) in [6.45, 7) is 1.07. The monoisotopic (exact) mass is 388 g/mol. The predicted molar refractivity (Wildman–Crippen MR) is 102 cm³/mol. The first-order valence-electron chi connectivity index (χ1n) is 9.08. The van der Waals surface area contributed by atoms with Crippen LogP contribution in [0, 0.1) is 0 Å². The van der Waals surface area contributed by atoms with Gasteiger partial charge in [0.1, 0.15) is 5.69 Å². The van der Waals surface area contributed by atoms with Crippen molar-refractivity contribution < 1.29 is 14.7 Å². The van der Waals surface area contributed by atoms with Gasteiger partial charge in [-0.2, -0.15) is 0 Å². The Balaban J connectivity index is 0.000000706. The molecule has 1 atom stereocenters. The number of hydrogen-bond donors (Lipinski definition) is 3. The first-order valence-corrected chi connectivity index (χ1v) is 9.08. The lowest BCUT2D eigenvalue weighted by Gasteiger charge is -2.40. The number of fused-ring (bicyclic) bond motifs is 2. The number of imidazole rings is 1. The van der Waals surface area contributed by atoms with Gasteiger partial charge in [-0.25, -0.2) is 9.97 Å². The molecule has 0 saturated carbocycles. The van der Waals surface area contributed by atoms with Crippen LogP contribution in [0.5, 0.6) is 0 Å². The standard InChI is InChI=1S/C17H22N6O2.CH2O2/c1-22(2)16-20-13-11(14(24)21-16)4-6-17(13)5-3-7-23(9-17)15(25)12-8-18-10-19-12;2-1-3/h8,10H,3-7,9H2,1-2H3,(H,18,19)(H,20,21,24);1H,(H,2,3). The fraction of sp³-hybridized carbons (Fsp3) is 0.500. The van der Waals surface area contributed by atoms with Crippen molar-refractivity contribution in [2.75, 3.05) is 32.1 Å². The molecule has 1 fully saturated rings. The Morgan fingerprint density at radius 1 is 1.39 bits per heavy atom. The number of carboxylic acid groups (broad SMARTS) is 1. The smallest absolute Gasteiger partial charge is 0.290 e. The highest BCUT2D eigenvalue weighted by atomic mass is 16.3. The van der Waals surface area contributed by atoms with Gasteiger partial charge in [-0.15, -0.1) is 0 Å². The predicted octanol–water partition coefficient (Wildman–Crippen LogP) is 0.380. The van der Waals surface area contributed by atoms with Crippen molar-refractivity contribution in [2.45, 2.75) is 31.1 Å². The number of aromatic nitrogens is 4. The van der Waals surface area contributed by atoms with E-state index >= 15 is 0 Å². The van der Waals surface area contributed by atoms with Crippen molar-refractivity contribution in [3.05, 3.63) is 39.8 Å². The van der Waals surface area contributed by atoms with Crippen LogP contribution in [-0.4, -0.2) is 69.5 Å². The van der Waals surface area contributed by atoms with Crippen molar-refractivity contribution in [1.82, 2.24) is 24.8 Å². The minimum Gasteiger partial charge on any atom is -0.483 e. The molecule has 1 spiro atoms. The number of carbonyl (C=O) groups excluding carboxylic acids is 1. The third kappa shape index (κ3) is 3.49. The summed E-state index contributed by atoms with van der Waals surface area (Å²) in [4.78, 5) is 51.6. The zero-order chi connectivity index (χ0) is 20.3. The molecule has 28 heavy (non-hydrogen) atoms. The lowest BCUT2D eigenvalue weighted by Crippen LogP contribution is -2.48. The summed E-state index contributed by atoms with van der Waals surface area (Å²) in [7, 11) is 3.72. The number of piperidine rings is 1. The quantitative estimate of drug-likeness (QED) is 0.633. The highest BCUT2D eigenvalue weighted by Gasteiger charge is 2.46. The van der Waals surface area contributed by atoms with Crippen LogP contribution in [-0.2, 0) is 16.6 Å². The van der Waals surface area contributed by atoms with E-state index in [2.05, 4.69) is 15.0 Å². The van der Waals surface area contributed by atoms with Gasteiger partial charge < -0.3 is 19.9 Å². The molecule has 1 unspecified atom stereocenters. The normalized spacial score (nSPS) is 20.3. The van der Waals surface area contributed by atoms with E-state index in [1.54, 1.807) is 6.20 Å². The molecule has 0 aromatic carbocycles. The molecule has 0 radical (unpaired) electrons. The second kappa shape index (κ2) is 7.83. The lowest BCUT2D eigenvalue weighted by atomic mass is 9.77. The van der Waals surface area contributed by atoms with Crippen LogP contribution in [0.1, 0.15) is 41.0 Å². The van der Waals surface area contributed by atoms with Gasteiger partial charge >= 0.3 is 0 Å². The summed E-state index contributed by atoms with van der Waals surface area (Å²) in [5, 5.41) is 6.89. The van der Waals surface area contributed by atoms with Gasteiger partial charge in [0.25, 0.3) is 17.9 Å². The first-order chi connectivity index (χ1) is 13.4. The van der Waals surface area contributed by atoms with Gasteiger partial charge in [0, 0.05) is 38.2 Å². The second-order valence-electron chi connectivity index (χ2n) is 7.29. The van der Waals surface area contributed by atoms with E-state index in [0.29, 0.717) is 18.2 Å². The maximum absolute atomic E-state index is 12.7.